The summed E-state index contributed by atoms with van der Waals surface area (Å²) >= 11 is 0. The monoisotopic (exact) mass is 298 g/mol. The number of nitrogens with zero attached hydrogens (tertiary/aromatic N) is 6. The molecular formula is C16H22N6. The summed E-state index contributed by atoms with van der Waals surface area (Å²) in [4.78, 5) is 13.1. The molecule has 3 heterocycles. The molecule has 0 saturated carbocycles. The zero-order chi connectivity index (χ0) is 15.5. The maximum absolute atomic E-state index is 4.45. The van der Waals surface area contributed by atoms with E-state index in [1.54, 1.807) is 12.4 Å². The van der Waals surface area contributed by atoms with Crippen molar-refractivity contribution in [3.8, 4) is 0 Å². The van der Waals surface area contributed by atoms with E-state index in [1.165, 1.54) is 5.56 Å². The van der Waals surface area contributed by atoms with Gasteiger partial charge in [-0.3, -0.25) is 0 Å². The van der Waals surface area contributed by atoms with Crippen molar-refractivity contribution in [3.63, 3.8) is 0 Å². The molecule has 1 fully saturated rings. The molecule has 22 heavy (non-hydrogen) atoms. The summed E-state index contributed by atoms with van der Waals surface area (Å²) in [7, 11) is 0. The predicted octanol–water partition coefficient (Wildman–Crippen LogP) is 2.03. The van der Waals surface area contributed by atoms with E-state index in [1.807, 2.05) is 6.07 Å². The maximum Gasteiger partial charge on any atom is 0.225 e. The molecule has 116 valence electrons. The molecule has 3 rings (SSSR count). The zero-order valence-corrected chi connectivity index (χ0v) is 13.4. The van der Waals surface area contributed by atoms with Crippen LogP contribution in [0.4, 0.5) is 11.8 Å². The van der Waals surface area contributed by atoms with Gasteiger partial charge in [0, 0.05) is 38.6 Å². The Hall–Kier alpha value is -2.24. The molecule has 0 unspecified atom stereocenters. The van der Waals surface area contributed by atoms with Gasteiger partial charge >= 0.3 is 0 Å². The second-order valence-corrected chi connectivity index (χ2v) is 5.95. The Balaban J connectivity index is 1.69. The molecule has 1 aliphatic heterocycles. The average molecular weight is 298 g/mol. The SMILES string of the molecule is Cc1cc(C(C)C)nnc1N1CCN(c2ncccn2)CC1. The normalized spacial score (nSPS) is 15.5. The van der Waals surface area contributed by atoms with Gasteiger partial charge in [-0.2, -0.15) is 5.10 Å². The minimum absolute atomic E-state index is 0.410. The molecule has 2 aromatic rings. The van der Waals surface area contributed by atoms with Gasteiger partial charge in [0.25, 0.3) is 0 Å². The molecule has 2 aromatic heterocycles. The van der Waals surface area contributed by atoms with Crippen LogP contribution in [0.25, 0.3) is 0 Å². The van der Waals surface area contributed by atoms with E-state index in [0.717, 1.165) is 43.6 Å². The highest BCUT2D eigenvalue weighted by atomic mass is 15.3. The Morgan fingerprint density at radius 1 is 0.955 bits per heavy atom. The van der Waals surface area contributed by atoms with Gasteiger partial charge in [-0.25, -0.2) is 9.97 Å². The van der Waals surface area contributed by atoms with Gasteiger partial charge < -0.3 is 9.80 Å². The quantitative estimate of drug-likeness (QED) is 0.864. The van der Waals surface area contributed by atoms with Crippen LogP contribution >= 0.6 is 0 Å². The summed E-state index contributed by atoms with van der Waals surface area (Å²) < 4.78 is 0. The lowest BCUT2D eigenvalue weighted by Gasteiger charge is -2.35. The first kappa shape index (κ1) is 14.7. The fourth-order valence-electron chi connectivity index (χ4n) is 2.67. The summed E-state index contributed by atoms with van der Waals surface area (Å²) in [5, 5.41) is 8.81. The molecule has 0 aliphatic carbocycles. The van der Waals surface area contributed by atoms with Gasteiger partial charge in [0.1, 0.15) is 0 Å². The standard InChI is InChI=1S/C16H22N6/c1-12(2)14-11-13(3)15(20-19-14)21-7-9-22(10-8-21)16-17-5-4-6-18-16/h4-6,11-12H,7-10H2,1-3H3. The van der Waals surface area contributed by atoms with Gasteiger partial charge in [-0.1, -0.05) is 13.8 Å². The molecule has 1 saturated heterocycles. The van der Waals surface area contributed by atoms with E-state index >= 15 is 0 Å². The minimum atomic E-state index is 0.410. The Morgan fingerprint density at radius 2 is 1.59 bits per heavy atom. The van der Waals surface area contributed by atoms with Gasteiger partial charge in [-0.15, -0.1) is 5.10 Å². The van der Waals surface area contributed by atoms with Crippen molar-refractivity contribution in [2.24, 2.45) is 0 Å². The molecule has 6 heteroatoms. The van der Waals surface area contributed by atoms with Crippen LogP contribution in [0.5, 0.6) is 0 Å². The van der Waals surface area contributed by atoms with Crippen molar-refractivity contribution in [3.05, 3.63) is 35.8 Å². The fraction of sp³-hybridized carbons (Fsp3) is 0.500. The predicted molar refractivity (Wildman–Crippen MR) is 87.3 cm³/mol. The van der Waals surface area contributed by atoms with Crippen molar-refractivity contribution in [2.75, 3.05) is 36.0 Å². The zero-order valence-electron chi connectivity index (χ0n) is 13.4. The Morgan fingerprint density at radius 3 is 2.18 bits per heavy atom. The topological polar surface area (TPSA) is 58.0 Å². The molecule has 0 spiro atoms. The van der Waals surface area contributed by atoms with Crippen LogP contribution in [0.15, 0.2) is 24.5 Å². The maximum atomic E-state index is 4.45. The van der Waals surface area contributed by atoms with E-state index in [4.69, 9.17) is 0 Å². The van der Waals surface area contributed by atoms with E-state index in [2.05, 4.69) is 56.8 Å². The van der Waals surface area contributed by atoms with Gasteiger partial charge in [-0.05, 0) is 30.5 Å². The van der Waals surface area contributed by atoms with Gasteiger partial charge in [0.15, 0.2) is 5.82 Å². The first-order valence-corrected chi connectivity index (χ1v) is 7.76. The number of hydrogen-bond donors (Lipinski definition) is 0. The molecule has 0 radical (unpaired) electrons. The van der Waals surface area contributed by atoms with E-state index < -0.39 is 0 Å². The number of aryl methyl sites for hydroxylation is 1. The van der Waals surface area contributed by atoms with Crippen LogP contribution in [0.1, 0.15) is 31.0 Å². The van der Waals surface area contributed by atoms with E-state index in [-0.39, 0.29) is 0 Å². The summed E-state index contributed by atoms with van der Waals surface area (Å²) in [6, 6.07) is 3.99. The average Bonchev–Trinajstić information content (AvgIpc) is 2.56. The molecule has 1 aliphatic rings. The lowest BCUT2D eigenvalue weighted by molar-refractivity contribution is 0.627. The summed E-state index contributed by atoms with van der Waals surface area (Å²) in [5.74, 6) is 2.21. The van der Waals surface area contributed by atoms with Crippen LogP contribution < -0.4 is 9.80 Å². The van der Waals surface area contributed by atoms with Crippen LogP contribution in [-0.2, 0) is 0 Å². The largest absolute Gasteiger partial charge is 0.351 e. The lowest BCUT2D eigenvalue weighted by Crippen LogP contribution is -2.47. The molecular weight excluding hydrogens is 276 g/mol. The number of rotatable bonds is 3. The van der Waals surface area contributed by atoms with Crippen LogP contribution in [0, 0.1) is 6.92 Å². The molecule has 0 bridgehead atoms. The minimum Gasteiger partial charge on any atom is -0.351 e. The molecule has 0 N–H and O–H groups in total. The smallest absolute Gasteiger partial charge is 0.225 e. The van der Waals surface area contributed by atoms with Crippen LogP contribution in [-0.4, -0.2) is 46.3 Å². The second-order valence-electron chi connectivity index (χ2n) is 5.95. The summed E-state index contributed by atoms with van der Waals surface area (Å²) in [5.41, 5.74) is 2.25. The number of aromatic nitrogens is 4. The van der Waals surface area contributed by atoms with E-state index in [9.17, 15) is 0 Å². The van der Waals surface area contributed by atoms with Gasteiger partial charge in [0.05, 0.1) is 5.69 Å². The fourth-order valence-corrected chi connectivity index (χ4v) is 2.67. The first-order valence-electron chi connectivity index (χ1n) is 7.76. The highest BCUT2D eigenvalue weighted by Crippen LogP contribution is 2.21. The second kappa shape index (κ2) is 6.25. The number of piperazine rings is 1. The molecule has 0 aromatic carbocycles. The number of anilines is 2. The lowest BCUT2D eigenvalue weighted by atomic mass is 10.1. The molecule has 0 atom stereocenters. The summed E-state index contributed by atoms with van der Waals surface area (Å²) in [6.45, 7) is 10.0. The molecule has 6 nitrogen and oxygen atoms in total. The van der Waals surface area contributed by atoms with E-state index in [0.29, 0.717) is 5.92 Å². The Bertz CT molecular complexity index is 620. The Labute approximate surface area is 131 Å². The van der Waals surface area contributed by atoms with Crippen LogP contribution in [0.3, 0.4) is 0 Å². The third-order valence-electron chi connectivity index (χ3n) is 3.98. The van der Waals surface area contributed by atoms with Crippen molar-refractivity contribution < 1.29 is 0 Å². The van der Waals surface area contributed by atoms with Crippen molar-refractivity contribution in [1.82, 2.24) is 20.2 Å². The summed E-state index contributed by atoms with van der Waals surface area (Å²) in [6.07, 6.45) is 3.57. The third-order valence-corrected chi connectivity index (χ3v) is 3.98. The van der Waals surface area contributed by atoms with Crippen molar-refractivity contribution >= 4 is 11.8 Å². The van der Waals surface area contributed by atoms with Gasteiger partial charge in [0.2, 0.25) is 5.95 Å². The third kappa shape index (κ3) is 3.00. The van der Waals surface area contributed by atoms with Crippen LogP contribution in [0.2, 0.25) is 0 Å². The number of hydrogen-bond acceptors (Lipinski definition) is 6. The highest BCUT2D eigenvalue weighted by Gasteiger charge is 2.21. The highest BCUT2D eigenvalue weighted by molar-refractivity contribution is 5.48. The van der Waals surface area contributed by atoms with Crippen molar-refractivity contribution in [1.29, 1.82) is 0 Å². The molecule has 0 amide bonds. The first-order chi connectivity index (χ1) is 10.6. The van der Waals surface area contributed by atoms with Crippen molar-refractivity contribution in [2.45, 2.75) is 26.7 Å². The Kier molecular flexibility index (Phi) is 4.18.